The second-order valence-corrected chi connectivity index (χ2v) is 10.8. The van der Waals surface area contributed by atoms with Crippen LogP contribution >= 0.6 is 11.8 Å². The standard InChI is InChI=1S/C26H40OS/c1-19(2)11-9-12-20(3)13-10-14-21(4)15-16-26(7,8)28-24-17-22(5)25(27)23(6)18-24/h10-11,14-15,17-18,20,27H,9,12-13,16H2,1-8H3/b14-10+,21-15+. The van der Waals surface area contributed by atoms with Crippen LogP contribution in [0.5, 0.6) is 5.75 Å². The zero-order chi connectivity index (χ0) is 21.3. The molecule has 0 aliphatic carbocycles. The molecule has 0 spiro atoms. The van der Waals surface area contributed by atoms with Crippen molar-refractivity contribution >= 4 is 11.8 Å². The summed E-state index contributed by atoms with van der Waals surface area (Å²) >= 11 is 1.88. The predicted octanol–water partition coefficient (Wildman–Crippen LogP) is 8.54. The minimum Gasteiger partial charge on any atom is -0.507 e. The van der Waals surface area contributed by atoms with Crippen LogP contribution in [0.25, 0.3) is 0 Å². The van der Waals surface area contributed by atoms with E-state index in [9.17, 15) is 5.11 Å². The highest BCUT2D eigenvalue weighted by atomic mass is 32.2. The maximum absolute atomic E-state index is 9.97. The van der Waals surface area contributed by atoms with Gasteiger partial charge in [-0.05, 0) is 89.5 Å². The molecule has 0 aromatic heterocycles. The van der Waals surface area contributed by atoms with Crippen molar-refractivity contribution < 1.29 is 5.11 Å². The van der Waals surface area contributed by atoms with Crippen LogP contribution in [0.4, 0.5) is 0 Å². The third kappa shape index (κ3) is 9.68. The van der Waals surface area contributed by atoms with Crippen LogP contribution in [-0.2, 0) is 0 Å². The van der Waals surface area contributed by atoms with E-state index in [0.717, 1.165) is 29.9 Å². The van der Waals surface area contributed by atoms with Gasteiger partial charge in [0.15, 0.2) is 0 Å². The fourth-order valence-electron chi connectivity index (χ4n) is 3.07. The summed E-state index contributed by atoms with van der Waals surface area (Å²) in [6.45, 7) is 17.4. The Morgan fingerprint density at radius 2 is 1.71 bits per heavy atom. The van der Waals surface area contributed by atoms with Crippen LogP contribution in [0.1, 0.15) is 78.4 Å². The summed E-state index contributed by atoms with van der Waals surface area (Å²) in [6, 6.07) is 4.17. The molecule has 0 radical (unpaired) electrons. The molecule has 0 aliphatic heterocycles. The number of phenolic OH excluding ortho intramolecular Hbond substituents is 1. The van der Waals surface area contributed by atoms with Crippen LogP contribution in [0, 0.1) is 19.8 Å². The molecule has 156 valence electrons. The fourth-order valence-corrected chi connectivity index (χ4v) is 4.35. The van der Waals surface area contributed by atoms with Crippen LogP contribution < -0.4 is 0 Å². The van der Waals surface area contributed by atoms with E-state index >= 15 is 0 Å². The molecular weight excluding hydrogens is 360 g/mol. The summed E-state index contributed by atoms with van der Waals surface area (Å²) in [5.74, 6) is 1.14. The smallest absolute Gasteiger partial charge is 0.121 e. The van der Waals surface area contributed by atoms with Crippen molar-refractivity contribution in [3.05, 3.63) is 58.7 Å². The SMILES string of the molecule is CC(C)=CCCC(C)C/C=C/C(C)=C/CC(C)(C)Sc1cc(C)c(O)c(C)c1. The van der Waals surface area contributed by atoms with E-state index in [2.05, 4.69) is 78.0 Å². The van der Waals surface area contributed by atoms with Gasteiger partial charge in [-0.1, -0.05) is 56.2 Å². The second-order valence-electron chi connectivity index (χ2n) is 9.02. The molecule has 0 amide bonds. The number of hydrogen-bond donors (Lipinski definition) is 1. The molecule has 1 N–H and O–H groups in total. The van der Waals surface area contributed by atoms with Gasteiger partial charge in [-0.25, -0.2) is 0 Å². The molecule has 1 aromatic rings. The van der Waals surface area contributed by atoms with Gasteiger partial charge >= 0.3 is 0 Å². The summed E-state index contributed by atoms with van der Waals surface area (Å²) in [6.07, 6.45) is 13.9. The first kappa shape index (κ1) is 24.6. The minimum atomic E-state index is 0.114. The molecule has 28 heavy (non-hydrogen) atoms. The average molecular weight is 401 g/mol. The molecule has 0 saturated heterocycles. The fraction of sp³-hybridized carbons (Fsp3) is 0.538. The highest BCUT2D eigenvalue weighted by Gasteiger charge is 2.19. The van der Waals surface area contributed by atoms with Crippen molar-refractivity contribution in [2.24, 2.45) is 5.92 Å². The lowest BCUT2D eigenvalue weighted by Gasteiger charge is -2.23. The number of hydrogen-bond acceptors (Lipinski definition) is 2. The lowest BCUT2D eigenvalue weighted by molar-refractivity contribution is 0.466. The normalized spacial score (nSPS) is 13.8. The van der Waals surface area contributed by atoms with Crippen LogP contribution in [0.2, 0.25) is 0 Å². The van der Waals surface area contributed by atoms with Gasteiger partial charge in [0.25, 0.3) is 0 Å². The number of phenols is 1. The van der Waals surface area contributed by atoms with Gasteiger partial charge in [0.05, 0.1) is 0 Å². The quantitative estimate of drug-likeness (QED) is 0.241. The van der Waals surface area contributed by atoms with Crippen LogP contribution in [0.3, 0.4) is 0 Å². The van der Waals surface area contributed by atoms with Crippen molar-refractivity contribution in [2.45, 2.75) is 90.7 Å². The first-order valence-corrected chi connectivity index (χ1v) is 11.3. The number of benzene rings is 1. The Morgan fingerprint density at radius 1 is 1.11 bits per heavy atom. The van der Waals surface area contributed by atoms with E-state index in [1.807, 2.05) is 25.6 Å². The topological polar surface area (TPSA) is 20.2 Å². The summed E-state index contributed by atoms with van der Waals surface area (Å²) < 4.78 is 0.114. The van der Waals surface area contributed by atoms with Crippen molar-refractivity contribution in [3.8, 4) is 5.75 Å². The number of allylic oxidation sites excluding steroid dienone is 6. The first-order chi connectivity index (χ1) is 13.0. The lowest BCUT2D eigenvalue weighted by Crippen LogP contribution is -2.13. The molecule has 1 aromatic carbocycles. The van der Waals surface area contributed by atoms with E-state index in [1.54, 1.807) is 0 Å². The predicted molar refractivity (Wildman–Crippen MR) is 127 cm³/mol. The molecular formula is C26H40OS. The summed E-state index contributed by atoms with van der Waals surface area (Å²) in [7, 11) is 0. The summed E-state index contributed by atoms with van der Waals surface area (Å²) in [5, 5.41) is 9.97. The number of rotatable bonds is 10. The molecule has 0 fully saturated rings. The zero-order valence-corrected chi connectivity index (χ0v) is 20.0. The molecule has 2 heteroatoms. The van der Waals surface area contributed by atoms with Gasteiger partial charge in [-0.15, -0.1) is 11.8 Å². The monoisotopic (exact) mass is 400 g/mol. The largest absolute Gasteiger partial charge is 0.507 e. The van der Waals surface area contributed by atoms with E-state index in [1.165, 1.54) is 28.9 Å². The van der Waals surface area contributed by atoms with Crippen molar-refractivity contribution in [2.75, 3.05) is 0 Å². The van der Waals surface area contributed by atoms with Gasteiger partial charge in [0, 0.05) is 9.64 Å². The number of thioether (sulfide) groups is 1. The van der Waals surface area contributed by atoms with Gasteiger partial charge in [-0.2, -0.15) is 0 Å². The van der Waals surface area contributed by atoms with E-state index in [0.29, 0.717) is 5.75 Å². The molecule has 0 aliphatic rings. The molecule has 1 rings (SSSR count). The lowest BCUT2D eigenvalue weighted by atomic mass is 10.00. The average Bonchev–Trinajstić information content (AvgIpc) is 2.57. The highest BCUT2D eigenvalue weighted by Crippen LogP contribution is 2.38. The highest BCUT2D eigenvalue weighted by molar-refractivity contribution is 8.00. The second kappa shape index (κ2) is 11.6. The molecule has 1 nitrogen and oxygen atoms in total. The Morgan fingerprint density at radius 3 is 2.29 bits per heavy atom. The van der Waals surface area contributed by atoms with Crippen molar-refractivity contribution in [1.29, 1.82) is 0 Å². The number of aryl methyl sites for hydroxylation is 2. The summed E-state index contributed by atoms with van der Waals surface area (Å²) in [4.78, 5) is 1.23. The molecule has 1 atom stereocenters. The van der Waals surface area contributed by atoms with Crippen LogP contribution in [0.15, 0.2) is 52.5 Å². The Hall–Kier alpha value is -1.41. The van der Waals surface area contributed by atoms with Gasteiger partial charge < -0.3 is 5.11 Å². The zero-order valence-electron chi connectivity index (χ0n) is 19.2. The van der Waals surface area contributed by atoms with E-state index < -0.39 is 0 Å². The minimum absolute atomic E-state index is 0.114. The Bertz CT molecular complexity index is 695. The number of aromatic hydroxyl groups is 1. The third-order valence-electron chi connectivity index (χ3n) is 4.91. The Labute approximate surface area is 178 Å². The molecule has 1 unspecified atom stereocenters. The summed E-state index contributed by atoms with van der Waals surface area (Å²) in [5.41, 5.74) is 4.65. The van der Waals surface area contributed by atoms with E-state index in [-0.39, 0.29) is 4.75 Å². The molecule has 0 bridgehead atoms. The van der Waals surface area contributed by atoms with Gasteiger partial charge in [-0.3, -0.25) is 0 Å². The first-order valence-electron chi connectivity index (χ1n) is 10.5. The molecule has 0 heterocycles. The maximum Gasteiger partial charge on any atom is 0.121 e. The van der Waals surface area contributed by atoms with Crippen molar-refractivity contribution in [3.63, 3.8) is 0 Å². The Balaban J connectivity index is 2.55. The third-order valence-corrected chi connectivity index (χ3v) is 6.10. The molecule has 0 saturated carbocycles. The Kier molecular flexibility index (Phi) is 10.2. The maximum atomic E-state index is 9.97. The van der Waals surface area contributed by atoms with Gasteiger partial charge in [0.2, 0.25) is 0 Å². The van der Waals surface area contributed by atoms with E-state index in [4.69, 9.17) is 0 Å². The van der Waals surface area contributed by atoms with Crippen LogP contribution in [-0.4, -0.2) is 9.85 Å². The van der Waals surface area contributed by atoms with Gasteiger partial charge in [0.1, 0.15) is 5.75 Å². The van der Waals surface area contributed by atoms with Crippen molar-refractivity contribution in [1.82, 2.24) is 0 Å².